The summed E-state index contributed by atoms with van der Waals surface area (Å²) in [7, 11) is -2.35. The van der Waals surface area contributed by atoms with E-state index in [0.29, 0.717) is 34.7 Å². The Bertz CT molecular complexity index is 1550. The summed E-state index contributed by atoms with van der Waals surface area (Å²) in [6.07, 6.45) is 0. The Morgan fingerprint density at radius 1 is 0.946 bits per heavy atom. The van der Waals surface area contributed by atoms with Crippen LogP contribution in [0.3, 0.4) is 0 Å². The standard InChI is InChI=1S/C25H24N4O7S/c1-3-34-19-12-14-21(15-13-19)37(32,33)28(2)18-8-10-20(11-9-18)35-16-24(30)36-17-29-25(31)22-6-4-5-7-23(22)26-27-29/h4-15H,3,16-17H2,1-2H3. The van der Waals surface area contributed by atoms with E-state index in [1.165, 1.54) is 31.3 Å². The molecule has 4 aromatic rings. The van der Waals surface area contributed by atoms with Crippen LogP contribution in [-0.4, -0.2) is 49.6 Å². The minimum absolute atomic E-state index is 0.122. The molecule has 0 spiro atoms. The van der Waals surface area contributed by atoms with Gasteiger partial charge in [-0.3, -0.25) is 9.10 Å². The number of hydrogen-bond acceptors (Lipinski definition) is 9. The predicted octanol–water partition coefficient (Wildman–Crippen LogP) is 2.60. The van der Waals surface area contributed by atoms with Crippen LogP contribution >= 0.6 is 0 Å². The van der Waals surface area contributed by atoms with Gasteiger partial charge < -0.3 is 14.2 Å². The molecule has 0 saturated carbocycles. The molecule has 37 heavy (non-hydrogen) atoms. The van der Waals surface area contributed by atoms with Gasteiger partial charge in [-0.15, -0.1) is 5.10 Å². The highest BCUT2D eigenvalue weighted by Crippen LogP contribution is 2.25. The molecule has 0 aliphatic carbocycles. The number of carbonyl (C=O) groups excluding carboxylic acids is 1. The third-order valence-electron chi connectivity index (χ3n) is 5.33. The van der Waals surface area contributed by atoms with Gasteiger partial charge in [0.25, 0.3) is 15.6 Å². The fraction of sp³-hybridized carbons (Fsp3) is 0.200. The molecule has 0 fully saturated rings. The molecule has 192 valence electrons. The highest BCUT2D eigenvalue weighted by atomic mass is 32.2. The van der Waals surface area contributed by atoms with E-state index in [1.807, 2.05) is 6.92 Å². The van der Waals surface area contributed by atoms with Gasteiger partial charge in [-0.25, -0.2) is 13.2 Å². The van der Waals surface area contributed by atoms with Crippen molar-refractivity contribution in [3.63, 3.8) is 0 Å². The third-order valence-corrected chi connectivity index (χ3v) is 7.13. The van der Waals surface area contributed by atoms with Crippen LogP contribution < -0.4 is 19.3 Å². The molecule has 0 amide bonds. The topological polar surface area (TPSA) is 130 Å². The highest BCUT2D eigenvalue weighted by Gasteiger charge is 2.21. The lowest BCUT2D eigenvalue weighted by Crippen LogP contribution is -2.27. The molecule has 1 heterocycles. The lowest BCUT2D eigenvalue weighted by atomic mass is 10.2. The van der Waals surface area contributed by atoms with Gasteiger partial charge in [-0.1, -0.05) is 17.3 Å². The molecule has 0 aliphatic heterocycles. The summed E-state index contributed by atoms with van der Waals surface area (Å²) >= 11 is 0. The summed E-state index contributed by atoms with van der Waals surface area (Å²) in [6.45, 7) is 1.50. The maximum atomic E-state index is 12.9. The Balaban J connectivity index is 1.32. The maximum Gasteiger partial charge on any atom is 0.345 e. The average Bonchev–Trinajstić information content (AvgIpc) is 2.92. The van der Waals surface area contributed by atoms with E-state index in [9.17, 15) is 18.0 Å². The molecule has 0 radical (unpaired) electrons. The number of anilines is 1. The number of sulfonamides is 1. The summed E-state index contributed by atoms with van der Waals surface area (Å²) in [5.74, 6) is 0.192. The summed E-state index contributed by atoms with van der Waals surface area (Å²) in [5.41, 5.74) is 0.414. The number of hydrogen-bond donors (Lipinski definition) is 0. The van der Waals surface area contributed by atoms with Crippen molar-refractivity contribution in [2.75, 3.05) is 24.6 Å². The first-order chi connectivity index (χ1) is 17.8. The summed E-state index contributed by atoms with van der Waals surface area (Å²) in [6, 6.07) is 19.1. The zero-order chi connectivity index (χ0) is 26.4. The van der Waals surface area contributed by atoms with Crippen LogP contribution in [0.1, 0.15) is 6.92 Å². The minimum atomic E-state index is -3.79. The van der Waals surface area contributed by atoms with Gasteiger partial charge in [0.2, 0.25) is 0 Å². The third kappa shape index (κ3) is 5.86. The molecule has 1 aromatic heterocycles. The van der Waals surface area contributed by atoms with Crippen LogP contribution in [-0.2, 0) is 26.3 Å². The molecular formula is C25H24N4O7S. The second-order valence-electron chi connectivity index (χ2n) is 7.72. The van der Waals surface area contributed by atoms with Gasteiger partial charge in [0.15, 0.2) is 13.3 Å². The minimum Gasteiger partial charge on any atom is -0.494 e. The lowest BCUT2D eigenvalue weighted by molar-refractivity contribution is -0.150. The number of benzene rings is 3. The van der Waals surface area contributed by atoms with Gasteiger partial charge >= 0.3 is 5.97 Å². The number of aromatic nitrogens is 3. The van der Waals surface area contributed by atoms with Crippen molar-refractivity contribution in [2.45, 2.75) is 18.6 Å². The predicted molar refractivity (Wildman–Crippen MR) is 135 cm³/mol. The summed E-state index contributed by atoms with van der Waals surface area (Å²) in [5, 5.41) is 8.04. The Kier molecular flexibility index (Phi) is 7.68. The number of nitrogens with zero attached hydrogens (tertiary/aromatic N) is 4. The second kappa shape index (κ2) is 11.1. The van der Waals surface area contributed by atoms with E-state index in [-0.39, 0.29) is 4.90 Å². The van der Waals surface area contributed by atoms with E-state index in [2.05, 4.69) is 10.3 Å². The van der Waals surface area contributed by atoms with Gasteiger partial charge in [0.05, 0.1) is 22.6 Å². The molecule has 0 bridgehead atoms. The van der Waals surface area contributed by atoms with Gasteiger partial charge in [-0.2, -0.15) is 4.68 Å². The largest absolute Gasteiger partial charge is 0.494 e. The Morgan fingerprint density at radius 2 is 1.59 bits per heavy atom. The van der Waals surface area contributed by atoms with Gasteiger partial charge in [-0.05, 0) is 67.6 Å². The van der Waals surface area contributed by atoms with E-state index in [1.54, 1.807) is 48.5 Å². The Labute approximate surface area is 212 Å². The lowest BCUT2D eigenvalue weighted by Gasteiger charge is -2.20. The van der Waals surface area contributed by atoms with Crippen LogP contribution in [0.2, 0.25) is 0 Å². The zero-order valence-corrected chi connectivity index (χ0v) is 20.9. The van der Waals surface area contributed by atoms with E-state index in [4.69, 9.17) is 14.2 Å². The van der Waals surface area contributed by atoms with E-state index >= 15 is 0 Å². The molecule has 0 atom stereocenters. The van der Waals surface area contributed by atoms with Crippen LogP contribution in [0.5, 0.6) is 11.5 Å². The maximum absolute atomic E-state index is 12.9. The van der Waals surface area contributed by atoms with E-state index in [0.717, 1.165) is 8.99 Å². The number of carbonyl (C=O) groups is 1. The van der Waals surface area contributed by atoms with Crippen molar-refractivity contribution in [1.29, 1.82) is 0 Å². The van der Waals surface area contributed by atoms with Crippen molar-refractivity contribution in [1.82, 2.24) is 15.0 Å². The molecule has 0 aliphatic rings. The van der Waals surface area contributed by atoms with Crippen LogP contribution in [0, 0.1) is 0 Å². The Hall–Kier alpha value is -4.45. The van der Waals surface area contributed by atoms with Gasteiger partial charge in [0, 0.05) is 7.05 Å². The quantitative estimate of drug-likeness (QED) is 0.287. The van der Waals surface area contributed by atoms with E-state index < -0.39 is 34.9 Å². The highest BCUT2D eigenvalue weighted by molar-refractivity contribution is 7.92. The molecule has 0 N–H and O–H groups in total. The fourth-order valence-corrected chi connectivity index (χ4v) is 4.54. The SMILES string of the molecule is CCOc1ccc(S(=O)(=O)N(C)c2ccc(OCC(=O)OCn3nnc4ccccc4c3=O)cc2)cc1. The van der Waals surface area contributed by atoms with Crippen molar-refractivity contribution in [2.24, 2.45) is 0 Å². The number of esters is 1. The number of rotatable bonds is 10. The zero-order valence-electron chi connectivity index (χ0n) is 20.1. The van der Waals surface area contributed by atoms with Crippen molar-refractivity contribution in [3.05, 3.63) is 83.2 Å². The van der Waals surface area contributed by atoms with Crippen LogP contribution in [0.15, 0.2) is 82.5 Å². The fourth-order valence-electron chi connectivity index (χ4n) is 3.35. The molecule has 0 unspecified atom stereocenters. The van der Waals surface area contributed by atoms with Crippen molar-refractivity contribution >= 4 is 32.6 Å². The van der Waals surface area contributed by atoms with Gasteiger partial charge in [0.1, 0.15) is 17.0 Å². The first-order valence-corrected chi connectivity index (χ1v) is 12.7. The molecule has 4 rings (SSSR count). The Morgan fingerprint density at radius 3 is 2.30 bits per heavy atom. The normalized spacial score (nSPS) is 11.2. The monoisotopic (exact) mass is 524 g/mol. The van der Waals surface area contributed by atoms with Crippen LogP contribution in [0.25, 0.3) is 10.9 Å². The number of fused-ring (bicyclic) bond motifs is 1. The summed E-state index contributed by atoms with van der Waals surface area (Å²) < 4.78 is 43.8. The smallest absolute Gasteiger partial charge is 0.345 e. The first kappa shape index (κ1) is 25.6. The second-order valence-corrected chi connectivity index (χ2v) is 9.69. The molecule has 0 saturated heterocycles. The molecule has 11 nitrogen and oxygen atoms in total. The average molecular weight is 525 g/mol. The number of ether oxygens (including phenoxy) is 3. The summed E-state index contributed by atoms with van der Waals surface area (Å²) in [4.78, 5) is 24.6. The molecule has 3 aromatic carbocycles. The van der Waals surface area contributed by atoms with Crippen molar-refractivity contribution in [3.8, 4) is 11.5 Å². The molecular weight excluding hydrogens is 500 g/mol. The molecule has 12 heteroatoms. The van der Waals surface area contributed by atoms with Crippen molar-refractivity contribution < 1.29 is 27.4 Å². The van der Waals surface area contributed by atoms with Crippen LogP contribution in [0.4, 0.5) is 5.69 Å². The first-order valence-electron chi connectivity index (χ1n) is 11.2.